The van der Waals surface area contributed by atoms with Crippen LogP contribution in [0.1, 0.15) is 12.0 Å². The second-order valence-corrected chi connectivity index (χ2v) is 7.41. The van der Waals surface area contributed by atoms with Crippen molar-refractivity contribution in [3.8, 4) is 0 Å². The smallest absolute Gasteiger partial charge is 0.0945 e. The lowest BCUT2D eigenvalue weighted by Gasteiger charge is -2.28. The fourth-order valence-electron chi connectivity index (χ4n) is 2.30. The summed E-state index contributed by atoms with van der Waals surface area (Å²) >= 11 is 4.19. The molecule has 0 radical (unpaired) electrons. The maximum Gasteiger partial charge on any atom is 0.0945 e. The van der Waals surface area contributed by atoms with E-state index in [1.54, 1.807) is 0 Å². The van der Waals surface area contributed by atoms with Gasteiger partial charge in [0.15, 0.2) is 0 Å². The van der Waals surface area contributed by atoms with Gasteiger partial charge in [0.25, 0.3) is 0 Å². The van der Waals surface area contributed by atoms with Gasteiger partial charge in [-0.05, 0) is 12.0 Å². The van der Waals surface area contributed by atoms with Crippen molar-refractivity contribution in [1.82, 2.24) is 9.55 Å². The van der Waals surface area contributed by atoms with E-state index in [9.17, 15) is 0 Å². The fourth-order valence-corrected chi connectivity index (χ4v) is 5.53. The average molecular weight is 276 g/mol. The molecule has 0 saturated carbocycles. The van der Waals surface area contributed by atoms with Gasteiger partial charge in [-0.3, -0.25) is 0 Å². The third-order valence-corrected chi connectivity index (χ3v) is 6.82. The summed E-state index contributed by atoms with van der Waals surface area (Å²) in [6.07, 6.45) is 6.96. The molecule has 3 rings (SSSR count). The van der Waals surface area contributed by atoms with Crippen molar-refractivity contribution in [2.24, 2.45) is 0 Å². The molecule has 0 spiro atoms. The molecule has 1 aromatic heterocycles. The Kier molecular flexibility index (Phi) is 3.66. The maximum atomic E-state index is 4.11. The number of aryl methyl sites for hydroxylation is 1. The van der Waals surface area contributed by atoms with Gasteiger partial charge in [-0.2, -0.15) is 0 Å². The van der Waals surface area contributed by atoms with E-state index in [-0.39, 0.29) is 4.08 Å². The van der Waals surface area contributed by atoms with Crippen molar-refractivity contribution >= 4 is 23.5 Å². The first kappa shape index (κ1) is 12.2. The molecule has 2 nitrogen and oxygen atoms in total. The van der Waals surface area contributed by atoms with E-state index >= 15 is 0 Å². The number of imidazole rings is 1. The monoisotopic (exact) mass is 276 g/mol. The summed E-state index contributed by atoms with van der Waals surface area (Å²) in [4.78, 5) is 4.11. The molecule has 0 N–H and O–H groups in total. The van der Waals surface area contributed by atoms with Crippen LogP contribution in [-0.4, -0.2) is 21.1 Å². The summed E-state index contributed by atoms with van der Waals surface area (Å²) in [5.74, 6) is 2.51. The molecule has 1 saturated heterocycles. The number of aromatic nitrogens is 2. The predicted molar refractivity (Wildman–Crippen MR) is 79.9 cm³/mol. The Balaban J connectivity index is 1.79. The van der Waals surface area contributed by atoms with Crippen LogP contribution >= 0.6 is 23.5 Å². The Labute approximate surface area is 116 Å². The van der Waals surface area contributed by atoms with E-state index in [0.717, 1.165) is 13.0 Å². The highest BCUT2D eigenvalue weighted by molar-refractivity contribution is 8.20. The molecule has 1 aliphatic rings. The summed E-state index contributed by atoms with van der Waals surface area (Å²) in [6, 6.07) is 10.9. The summed E-state index contributed by atoms with van der Waals surface area (Å²) < 4.78 is 2.41. The lowest BCUT2D eigenvalue weighted by molar-refractivity contribution is 0.614. The predicted octanol–water partition coefficient (Wildman–Crippen LogP) is 3.61. The number of hydrogen-bond donors (Lipinski definition) is 0. The Morgan fingerprint density at radius 3 is 2.61 bits per heavy atom. The van der Waals surface area contributed by atoms with Gasteiger partial charge in [0.05, 0.1) is 10.4 Å². The molecule has 0 aliphatic carbocycles. The minimum absolute atomic E-state index is 0.242. The van der Waals surface area contributed by atoms with E-state index in [1.807, 2.05) is 18.7 Å². The first-order valence-corrected chi connectivity index (χ1v) is 8.15. The highest BCUT2D eigenvalue weighted by atomic mass is 32.2. The van der Waals surface area contributed by atoms with Gasteiger partial charge in [-0.25, -0.2) is 4.98 Å². The maximum absolute atomic E-state index is 4.11. The standard InChI is InChI=1S/C14H16N2S2/c1-2-4-13(5-3-1)14(17-10-11-18-14)6-8-16-9-7-15-12-16/h1-5,7,9,12H,6,8,10-11H2. The van der Waals surface area contributed by atoms with Crippen LogP contribution in [0.5, 0.6) is 0 Å². The first-order valence-electron chi connectivity index (χ1n) is 6.18. The van der Waals surface area contributed by atoms with E-state index in [2.05, 4.69) is 63.4 Å². The van der Waals surface area contributed by atoms with Crippen LogP contribution in [0.2, 0.25) is 0 Å². The van der Waals surface area contributed by atoms with Crippen LogP contribution in [-0.2, 0) is 10.6 Å². The SMILES string of the molecule is c1ccc(C2(CCn3ccnc3)SCCS2)cc1. The van der Waals surface area contributed by atoms with Crippen LogP contribution in [0, 0.1) is 0 Å². The van der Waals surface area contributed by atoms with Gasteiger partial charge >= 0.3 is 0 Å². The van der Waals surface area contributed by atoms with E-state index in [4.69, 9.17) is 0 Å². The van der Waals surface area contributed by atoms with Crippen LogP contribution in [0.3, 0.4) is 0 Å². The molecule has 1 aliphatic heterocycles. The molecule has 4 heteroatoms. The normalized spacial score (nSPS) is 18.0. The van der Waals surface area contributed by atoms with Crippen molar-refractivity contribution in [3.05, 3.63) is 54.6 Å². The second-order valence-electron chi connectivity index (χ2n) is 4.37. The number of nitrogens with zero attached hydrogens (tertiary/aromatic N) is 2. The Bertz CT molecular complexity index is 476. The third-order valence-electron chi connectivity index (χ3n) is 3.23. The van der Waals surface area contributed by atoms with Gasteiger partial charge in [-0.15, -0.1) is 23.5 Å². The number of thioether (sulfide) groups is 2. The molecule has 2 aromatic rings. The quantitative estimate of drug-likeness (QED) is 0.849. The van der Waals surface area contributed by atoms with Gasteiger partial charge in [0, 0.05) is 30.4 Å². The fraction of sp³-hybridized carbons (Fsp3) is 0.357. The van der Waals surface area contributed by atoms with Gasteiger partial charge in [0.2, 0.25) is 0 Å². The molecule has 1 aromatic carbocycles. The van der Waals surface area contributed by atoms with Gasteiger partial charge in [-0.1, -0.05) is 30.3 Å². The second kappa shape index (κ2) is 5.41. The van der Waals surface area contributed by atoms with E-state index < -0.39 is 0 Å². The molecule has 18 heavy (non-hydrogen) atoms. The lowest BCUT2D eigenvalue weighted by atomic mass is 10.1. The number of hydrogen-bond acceptors (Lipinski definition) is 3. The Morgan fingerprint density at radius 2 is 1.94 bits per heavy atom. The van der Waals surface area contributed by atoms with Crippen molar-refractivity contribution in [2.75, 3.05) is 11.5 Å². The zero-order valence-electron chi connectivity index (χ0n) is 10.2. The lowest BCUT2D eigenvalue weighted by Crippen LogP contribution is -2.17. The first-order chi connectivity index (χ1) is 8.89. The van der Waals surface area contributed by atoms with Crippen molar-refractivity contribution < 1.29 is 0 Å². The van der Waals surface area contributed by atoms with Crippen molar-refractivity contribution in [3.63, 3.8) is 0 Å². The largest absolute Gasteiger partial charge is 0.337 e. The summed E-state index contributed by atoms with van der Waals surface area (Å²) in [5.41, 5.74) is 1.46. The molecule has 0 bridgehead atoms. The summed E-state index contributed by atoms with van der Waals surface area (Å²) in [7, 11) is 0. The highest BCUT2D eigenvalue weighted by Crippen LogP contribution is 2.54. The van der Waals surface area contributed by atoms with Crippen LogP contribution in [0.25, 0.3) is 0 Å². The molecular weight excluding hydrogens is 260 g/mol. The average Bonchev–Trinajstić information content (AvgIpc) is 3.10. The summed E-state index contributed by atoms with van der Waals surface area (Å²) in [6.45, 7) is 1.04. The highest BCUT2D eigenvalue weighted by Gasteiger charge is 2.36. The van der Waals surface area contributed by atoms with Crippen LogP contribution in [0.15, 0.2) is 49.1 Å². The molecule has 2 heterocycles. The number of rotatable bonds is 4. The van der Waals surface area contributed by atoms with Crippen LogP contribution in [0.4, 0.5) is 0 Å². The van der Waals surface area contributed by atoms with Gasteiger partial charge in [0.1, 0.15) is 0 Å². The Hall–Kier alpha value is -0.870. The summed E-state index contributed by atoms with van der Waals surface area (Å²) in [5, 5.41) is 0. The molecule has 94 valence electrons. The molecule has 0 unspecified atom stereocenters. The van der Waals surface area contributed by atoms with Gasteiger partial charge < -0.3 is 4.57 Å². The topological polar surface area (TPSA) is 17.8 Å². The zero-order chi connectivity index (χ0) is 12.3. The third kappa shape index (κ3) is 2.45. The molecular formula is C14H16N2S2. The minimum atomic E-state index is 0.242. The molecule has 0 atom stereocenters. The van der Waals surface area contributed by atoms with Crippen molar-refractivity contribution in [2.45, 2.75) is 17.0 Å². The molecule has 1 fully saturated rings. The van der Waals surface area contributed by atoms with E-state index in [1.165, 1.54) is 17.1 Å². The van der Waals surface area contributed by atoms with E-state index in [0.29, 0.717) is 0 Å². The minimum Gasteiger partial charge on any atom is -0.337 e. The number of benzene rings is 1. The van der Waals surface area contributed by atoms with Crippen LogP contribution < -0.4 is 0 Å². The van der Waals surface area contributed by atoms with Crippen molar-refractivity contribution in [1.29, 1.82) is 0 Å². The molecule has 0 amide bonds. The Morgan fingerprint density at radius 1 is 1.17 bits per heavy atom. The zero-order valence-corrected chi connectivity index (χ0v) is 11.8.